The number of hydrogen-bond donors (Lipinski definition) is 1. The van der Waals surface area contributed by atoms with Crippen LogP contribution in [0.15, 0.2) is 29.1 Å². The first-order valence-corrected chi connectivity index (χ1v) is 3.68. The van der Waals surface area contributed by atoms with Crippen molar-refractivity contribution >= 4 is 17.5 Å². The van der Waals surface area contributed by atoms with Gasteiger partial charge < -0.3 is 5.11 Å². The summed E-state index contributed by atoms with van der Waals surface area (Å²) in [5, 5.41) is 9.25. The molecule has 2 heterocycles. The Morgan fingerprint density at radius 3 is 2.92 bits per heavy atom. The zero-order valence-electron chi connectivity index (χ0n) is 6.98. The molecule has 0 bridgehead atoms. The first-order valence-electron chi connectivity index (χ1n) is 3.68. The van der Waals surface area contributed by atoms with E-state index in [0.29, 0.717) is 5.57 Å². The van der Waals surface area contributed by atoms with Crippen molar-refractivity contribution in [3.05, 3.63) is 29.8 Å². The number of pyridine rings is 1. The summed E-state index contributed by atoms with van der Waals surface area (Å²) in [6.45, 7) is 1.63. The third kappa shape index (κ3) is 1.69. The molecule has 1 aliphatic heterocycles. The molecule has 3 nitrogen and oxygen atoms in total. The van der Waals surface area contributed by atoms with E-state index in [1.54, 1.807) is 19.3 Å². The van der Waals surface area contributed by atoms with E-state index in [0.717, 1.165) is 11.4 Å². The number of fused-ring (bicyclic) bond motifs is 1. The van der Waals surface area contributed by atoms with Gasteiger partial charge >= 0.3 is 0 Å². The van der Waals surface area contributed by atoms with Gasteiger partial charge in [0.2, 0.25) is 0 Å². The van der Waals surface area contributed by atoms with Gasteiger partial charge in [-0.2, -0.15) is 0 Å². The molecule has 2 rings (SSSR count). The normalized spacial score (nSPS) is 16.4. The van der Waals surface area contributed by atoms with E-state index in [4.69, 9.17) is 0 Å². The van der Waals surface area contributed by atoms with Gasteiger partial charge in [-0.25, -0.2) is 0 Å². The summed E-state index contributed by atoms with van der Waals surface area (Å²) < 4.78 is 0. The summed E-state index contributed by atoms with van der Waals surface area (Å²) in [5.74, 6) is 0.260. The van der Waals surface area contributed by atoms with Crippen molar-refractivity contribution in [1.82, 2.24) is 4.98 Å². The number of aliphatic imine (C=N–C) groups is 1. The molecule has 0 unspecified atom stereocenters. The van der Waals surface area contributed by atoms with E-state index in [1.165, 1.54) is 0 Å². The van der Waals surface area contributed by atoms with Crippen LogP contribution in [0.5, 0.6) is 0 Å². The second-order valence-electron chi connectivity index (χ2n) is 2.63. The van der Waals surface area contributed by atoms with E-state index in [9.17, 15) is 5.11 Å². The smallest absolute Gasteiger partial charge is 0.101 e. The van der Waals surface area contributed by atoms with Crippen molar-refractivity contribution in [3.63, 3.8) is 0 Å². The minimum atomic E-state index is 0. The van der Waals surface area contributed by atoms with Crippen molar-refractivity contribution in [2.24, 2.45) is 4.99 Å². The maximum Gasteiger partial charge on any atom is 0.101 e. The molecule has 1 aliphatic rings. The predicted octanol–water partition coefficient (Wildman–Crippen LogP) is 2.08. The molecule has 0 saturated heterocycles. The summed E-state index contributed by atoms with van der Waals surface area (Å²) in [6.07, 6.45) is 3.32. The monoisotopic (exact) mass is 353 g/mol. The van der Waals surface area contributed by atoms with Crippen molar-refractivity contribution in [1.29, 1.82) is 0 Å². The Labute approximate surface area is 89.6 Å². The zero-order valence-corrected chi connectivity index (χ0v) is 9.38. The number of aliphatic hydroxyl groups is 1. The van der Waals surface area contributed by atoms with Crippen LogP contribution in [0.25, 0.3) is 5.57 Å². The maximum atomic E-state index is 9.25. The van der Waals surface area contributed by atoms with E-state index in [-0.39, 0.29) is 25.9 Å². The largest absolute Gasteiger partial charge is 0.512 e. The molecular formula is C9H8IrN2O. The fourth-order valence-corrected chi connectivity index (χ4v) is 1.17. The number of rotatable bonds is 0. The Morgan fingerprint density at radius 1 is 1.46 bits per heavy atom. The van der Waals surface area contributed by atoms with Crippen molar-refractivity contribution in [3.8, 4) is 0 Å². The van der Waals surface area contributed by atoms with Crippen molar-refractivity contribution < 1.29 is 25.2 Å². The first-order chi connectivity index (χ1) is 5.79. The minimum absolute atomic E-state index is 0. The van der Waals surface area contributed by atoms with Crippen molar-refractivity contribution in [2.45, 2.75) is 6.92 Å². The fourth-order valence-electron chi connectivity index (χ4n) is 1.17. The van der Waals surface area contributed by atoms with Gasteiger partial charge in [-0.05, 0) is 19.1 Å². The number of aliphatic hydroxyl groups excluding tert-OH is 1. The molecule has 0 atom stereocenters. The molecule has 1 N–H and O–H groups in total. The van der Waals surface area contributed by atoms with Crippen LogP contribution in [0, 0.1) is 0 Å². The molecule has 13 heavy (non-hydrogen) atoms. The van der Waals surface area contributed by atoms with Crippen LogP contribution in [-0.4, -0.2) is 16.3 Å². The first kappa shape index (κ1) is 10.1. The quantitative estimate of drug-likeness (QED) is 0.727. The third-order valence-electron chi connectivity index (χ3n) is 1.76. The molecule has 0 aromatic carbocycles. The predicted molar refractivity (Wildman–Crippen MR) is 47.6 cm³/mol. The third-order valence-corrected chi connectivity index (χ3v) is 1.76. The molecule has 4 heteroatoms. The molecule has 0 fully saturated rings. The Morgan fingerprint density at radius 2 is 2.23 bits per heavy atom. The maximum absolute atomic E-state index is 9.25. The fraction of sp³-hybridized carbons (Fsp3) is 0.111. The molecule has 69 valence electrons. The molecule has 1 aromatic rings. The minimum Gasteiger partial charge on any atom is -0.512 e. The molecule has 0 spiro atoms. The molecule has 0 amide bonds. The Bertz CT molecular complexity index is 381. The van der Waals surface area contributed by atoms with Gasteiger partial charge in [0.15, 0.2) is 0 Å². The van der Waals surface area contributed by atoms with Crippen LogP contribution in [0.4, 0.5) is 5.69 Å². The Hall–Kier alpha value is -0.991. The number of allylic oxidation sites excluding steroid dienone is 2. The molecule has 1 radical (unpaired) electrons. The molecule has 1 aromatic heterocycles. The molecule has 0 saturated carbocycles. The number of nitrogens with zero attached hydrogens (tertiary/aromatic N) is 2. The van der Waals surface area contributed by atoms with E-state index in [1.807, 2.05) is 12.1 Å². The molecular weight excluding hydrogens is 344 g/mol. The number of aromatic nitrogens is 1. The van der Waals surface area contributed by atoms with Gasteiger partial charge in [0.25, 0.3) is 0 Å². The van der Waals surface area contributed by atoms with Gasteiger partial charge in [0, 0.05) is 32.5 Å². The summed E-state index contributed by atoms with van der Waals surface area (Å²) >= 11 is 0. The van der Waals surface area contributed by atoms with Crippen LogP contribution in [0.1, 0.15) is 12.6 Å². The molecule has 0 aliphatic carbocycles. The van der Waals surface area contributed by atoms with E-state index >= 15 is 0 Å². The van der Waals surface area contributed by atoms with Crippen LogP contribution in [-0.2, 0) is 20.1 Å². The number of hydrogen-bond acceptors (Lipinski definition) is 3. The Balaban J connectivity index is 0.000000845. The summed E-state index contributed by atoms with van der Waals surface area (Å²) in [5.41, 5.74) is 2.30. The van der Waals surface area contributed by atoms with Crippen LogP contribution in [0.2, 0.25) is 0 Å². The van der Waals surface area contributed by atoms with Gasteiger partial charge in [0.1, 0.15) is 11.5 Å². The summed E-state index contributed by atoms with van der Waals surface area (Å²) in [7, 11) is 0. The van der Waals surface area contributed by atoms with Crippen LogP contribution < -0.4 is 0 Å². The summed E-state index contributed by atoms with van der Waals surface area (Å²) in [4.78, 5) is 8.22. The summed E-state index contributed by atoms with van der Waals surface area (Å²) in [6, 6.07) is 3.70. The van der Waals surface area contributed by atoms with Crippen LogP contribution >= 0.6 is 0 Å². The van der Waals surface area contributed by atoms with E-state index < -0.39 is 0 Å². The van der Waals surface area contributed by atoms with Gasteiger partial charge in [-0.1, -0.05) is 0 Å². The zero-order chi connectivity index (χ0) is 8.55. The van der Waals surface area contributed by atoms with Gasteiger partial charge in [-0.15, -0.1) is 0 Å². The second kappa shape index (κ2) is 3.81. The van der Waals surface area contributed by atoms with E-state index in [2.05, 4.69) is 9.98 Å². The van der Waals surface area contributed by atoms with Gasteiger partial charge in [-0.3, -0.25) is 9.98 Å². The van der Waals surface area contributed by atoms with Crippen molar-refractivity contribution in [2.75, 3.05) is 0 Å². The average molecular weight is 352 g/mol. The van der Waals surface area contributed by atoms with Gasteiger partial charge in [0.05, 0.1) is 11.3 Å². The topological polar surface area (TPSA) is 45.5 Å². The second-order valence-corrected chi connectivity index (χ2v) is 2.63. The SMILES string of the molecule is C/C(O)=C1\C=Nc2cccnc21.[Ir]. The van der Waals surface area contributed by atoms with Crippen LogP contribution in [0.3, 0.4) is 0 Å². The standard InChI is InChI=1S/C9H8N2O.Ir/c1-6(12)7-5-11-8-3-2-4-10-9(7)8;/h2-5,12H,1H3;/b7-6-;. The Kier molecular flexibility index (Phi) is 2.96. The average Bonchev–Trinajstić information content (AvgIpc) is 2.47.